The van der Waals surface area contributed by atoms with Crippen molar-refractivity contribution >= 4 is 5.97 Å². The van der Waals surface area contributed by atoms with E-state index in [1.807, 2.05) is 0 Å². The molecule has 1 heterocycles. The van der Waals surface area contributed by atoms with Gasteiger partial charge in [0, 0.05) is 6.54 Å². The molecular formula is C15H30N2O2. The summed E-state index contributed by atoms with van der Waals surface area (Å²) in [4.78, 5) is 13.8. The van der Waals surface area contributed by atoms with Crippen LogP contribution in [-0.2, 0) is 4.79 Å². The van der Waals surface area contributed by atoms with Gasteiger partial charge in [-0.3, -0.25) is 4.79 Å². The van der Waals surface area contributed by atoms with Crippen LogP contribution in [0.3, 0.4) is 0 Å². The number of likely N-dealkylation sites (tertiary alicyclic amines) is 1. The molecule has 1 aliphatic heterocycles. The van der Waals surface area contributed by atoms with Gasteiger partial charge in [0.25, 0.3) is 0 Å². The fourth-order valence-corrected chi connectivity index (χ4v) is 2.65. The first-order chi connectivity index (χ1) is 8.85. The van der Waals surface area contributed by atoms with Crippen molar-refractivity contribution in [3.63, 3.8) is 0 Å². The summed E-state index contributed by atoms with van der Waals surface area (Å²) < 4.78 is 0. The number of nitrogens with one attached hydrogen (secondary N) is 1. The molecule has 1 atom stereocenters. The van der Waals surface area contributed by atoms with Crippen LogP contribution in [0.25, 0.3) is 0 Å². The normalized spacial score (nSPS) is 22.9. The smallest absolute Gasteiger partial charge is 0.324 e. The first-order valence-electron chi connectivity index (χ1n) is 7.56. The standard InChI is InChI=1S/C15H30N2O2/c1-5-9-16-15(4,13(18)19)12-17-10-7-14(3,6-2)8-11-17/h16H,5-12H2,1-4H3,(H,18,19). The molecule has 1 unspecified atom stereocenters. The lowest BCUT2D eigenvalue weighted by Gasteiger charge is -2.41. The highest BCUT2D eigenvalue weighted by molar-refractivity contribution is 5.78. The molecule has 1 fully saturated rings. The SMILES string of the molecule is CCCNC(C)(CN1CCC(C)(CC)CC1)C(=O)O. The number of aliphatic carboxylic acids is 1. The quantitative estimate of drug-likeness (QED) is 0.745. The lowest BCUT2D eigenvalue weighted by Crippen LogP contribution is -2.58. The number of carboxylic acid groups (broad SMARTS) is 1. The van der Waals surface area contributed by atoms with Crippen LogP contribution in [0.2, 0.25) is 0 Å². The maximum atomic E-state index is 11.5. The van der Waals surface area contributed by atoms with Crippen LogP contribution in [0, 0.1) is 5.41 Å². The van der Waals surface area contributed by atoms with Crippen LogP contribution in [0.15, 0.2) is 0 Å². The maximum absolute atomic E-state index is 11.5. The molecule has 0 radical (unpaired) electrons. The van der Waals surface area contributed by atoms with Gasteiger partial charge in [0.15, 0.2) is 0 Å². The van der Waals surface area contributed by atoms with Gasteiger partial charge in [-0.2, -0.15) is 0 Å². The molecule has 1 aliphatic rings. The van der Waals surface area contributed by atoms with E-state index in [0.717, 1.165) is 26.1 Å². The van der Waals surface area contributed by atoms with Crippen molar-refractivity contribution in [2.75, 3.05) is 26.2 Å². The molecule has 0 saturated carbocycles. The van der Waals surface area contributed by atoms with Crippen LogP contribution in [-0.4, -0.2) is 47.7 Å². The van der Waals surface area contributed by atoms with Gasteiger partial charge in [0.2, 0.25) is 0 Å². The minimum atomic E-state index is -0.823. The van der Waals surface area contributed by atoms with Crippen molar-refractivity contribution in [1.82, 2.24) is 10.2 Å². The maximum Gasteiger partial charge on any atom is 0.324 e. The second kappa shape index (κ2) is 6.71. The minimum Gasteiger partial charge on any atom is -0.480 e. The molecule has 0 aromatic rings. The average Bonchev–Trinajstić information content (AvgIpc) is 2.39. The second-order valence-electron chi connectivity index (χ2n) is 6.50. The molecule has 1 saturated heterocycles. The fourth-order valence-electron chi connectivity index (χ4n) is 2.65. The van der Waals surface area contributed by atoms with E-state index in [9.17, 15) is 9.90 Å². The minimum absolute atomic E-state index is 0.451. The lowest BCUT2D eigenvalue weighted by molar-refractivity contribution is -0.145. The van der Waals surface area contributed by atoms with E-state index in [1.165, 1.54) is 19.3 Å². The zero-order chi connectivity index (χ0) is 14.5. The Hall–Kier alpha value is -0.610. The Kier molecular flexibility index (Phi) is 5.81. The van der Waals surface area contributed by atoms with Gasteiger partial charge in [0.1, 0.15) is 5.54 Å². The summed E-state index contributed by atoms with van der Waals surface area (Å²) in [5.41, 5.74) is -0.372. The first-order valence-corrected chi connectivity index (χ1v) is 7.56. The molecule has 0 bridgehead atoms. The van der Waals surface area contributed by atoms with E-state index < -0.39 is 11.5 Å². The summed E-state index contributed by atoms with van der Waals surface area (Å²) in [5.74, 6) is -0.746. The molecule has 0 spiro atoms. The van der Waals surface area contributed by atoms with Crippen molar-refractivity contribution < 1.29 is 9.90 Å². The molecule has 1 rings (SSSR count). The summed E-state index contributed by atoms with van der Waals surface area (Å²) in [6.07, 6.45) is 4.52. The third-order valence-corrected chi connectivity index (χ3v) is 4.69. The van der Waals surface area contributed by atoms with Crippen LogP contribution in [0.4, 0.5) is 0 Å². The average molecular weight is 270 g/mol. The van der Waals surface area contributed by atoms with Gasteiger partial charge in [0.05, 0.1) is 0 Å². The van der Waals surface area contributed by atoms with Crippen molar-refractivity contribution in [1.29, 1.82) is 0 Å². The van der Waals surface area contributed by atoms with E-state index in [4.69, 9.17) is 0 Å². The molecule has 4 nitrogen and oxygen atoms in total. The van der Waals surface area contributed by atoms with Gasteiger partial charge in [-0.15, -0.1) is 0 Å². The zero-order valence-corrected chi connectivity index (χ0v) is 13.0. The molecule has 0 aromatic heterocycles. The summed E-state index contributed by atoms with van der Waals surface area (Å²) in [7, 11) is 0. The number of nitrogens with zero attached hydrogens (tertiary/aromatic N) is 1. The summed E-state index contributed by atoms with van der Waals surface area (Å²) in [5, 5.41) is 12.6. The third kappa shape index (κ3) is 4.46. The number of hydrogen-bond donors (Lipinski definition) is 2. The third-order valence-electron chi connectivity index (χ3n) is 4.69. The second-order valence-corrected chi connectivity index (χ2v) is 6.50. The summed E-state index contributed by atoms with van der Waals surface area (Å²) in [6.45, 7) is 11.8. The molecular weight excluding hydrogens is 240 g/mol. The topological polar surface area (TPSA) is 52.6 Å². The van der Waals surface area contributed by atoms with E-state index in [1.54, 1.807) is 6.92 Å². The highest BCUT2D eigenvalue weighted by Gasteiger charge is 2.37. The van der Waals surface area contributed by atoms with Crippen LogP contribution in [0.5, 0.6) is 0 Å². The largest absolute Gasteiger partial charge is 0.480 e. The van der Waals surface area contributed by atoms with Crippen molar-refractivity contribution in [2.24, 2.45) is 5.41 Å². The molecule has 0 aliphatic carbocycles. The first kappa shape index (κ1) is 16.4. The van der Waals surface area contributed by atoms with Crippen molar-refractivity contribution in [3.8, 4) is 0 Å². The van der Waals surface area contributed by atoms with Crippen LogP contribution < -0.4 is 5.32 Å². The highest BCUT2D eigenvalue weighted by atomic mass is 16.4. The van der Waals surface area contributed by atoms with Gasteiger partial charge in [-0.05, 0) is 51.2 Å². The van der Waals surface area contributed by atoms with E-state index in [2.05, 4.69) is 31.0 Å². The van der Waals surface area contributed by atoms with Crippen LogP contribution >= 0.6 is 0 Å². The Bertz CT molecular complexity index is 299. The Labute approximate surface area is 117 Å². The van der Waals surface area contributed by atoms with Gasteiger partial charge >= 0.3 is 5.97 Å². The van der Waals surface area contributed by atoms with Crippen LogP contribution in [0.1, 0.15) is 53.4 Å². The predicted octanol–water partition coefficient (Wildman–Crippen LogP) is 2.34. The predicted molar refractivity (Wildman–Crippen MR) is 78.4 cm³/mol. The highest BCUT2D eigenvalue weighted by Crippen LogP contribution is 2.34. The summed E-state index contributed by atoms with van der Waals surface area (Å²) >= 11 is 0. The molecule has 2 N–H and O–H groups in total. The molecule has 112 valence electrons. The molecule has 19 heavy (non-hydrogen) atoms. The lowest BCUT2D eigenvalue weighted by atomic mass is 9.78. The fraction of sp³-hybridized carbons (Fsp3) is 0.933. The Morgan fingerprint density at radius 3 is 2.37 bits per heavy atom. The molecule has 0 amide bonds. The Morgan fingerprint density at radius 1 is 1.37 bits per heavy atom. The van der Waals surface area contributed by atoms with E-state index >= 15 is 0 Å². The zero-order valence-electron chi connectivity index (χ0n) is 13.0. The molecule has 4 heteroatoms. The van der Waals surface area contributed by atoms with E-state index in [0.29, 0.717) is 12.0 Å². The number of rotatable bonds is 7. The molecule has 0 aromatic carbocycles. The monoisotopic (exact) mass is 270 g/mol. The van der Waals surface area contributed by atoms with Gasteiger partial charge in [-0.25, -0.2) is 0 Å². The van der Waals surface area contributed by atoms with Gasteiger partial charge < -0.3 is 15.3 Å². The number of piperidine rings is 1. The Balaban J connectivity index is 2.55. The number of carboxylic acids is 1. The van der Waals surface area contributed by atoms with E-state index in [-0.39, 0.29) is 0 Å². The number of hydrogen-bond acceptors (Lipinski definition) is 3. The Morgan fingerprint density at radius 2 is 1.95 bits per heavy atom. The van der Waals surface area contributed by atoms with Gasteiger partial charge in [-0.1, -0.05) is 27.2 Å². The summed E-state index contributed by atoms with van der Waals surface area (Å²) in [6, 6.07) is 0. The number of carbonyl (C=O) groups is 1. The van der Waals surface area contributed by atoms with Crippen molar-refractivity contribution in [2.45, 2.75) is 58.9 Å². The van der Waals surface area contributed by atoms with Crippen molar-refractivity contribution in [3.05, 3.63) is 0 Å².